The van der Waals surface area contributed by atoms with Gasteiger partial charge in [0, 0.05) is 17.0 Å². The Hall–Kier alpha value is -2.05. The van der Waals surface area contributed by atoms with Gasteiger partial charge in [-0.05, 0) is 29.8 Å². The van der Waals surface area contributed by atoms with Crippen LogP contribution in [0.15, 0.2) is 48.7 Å². The zero-order valence-electron chi connectivity index (χ0n) is 12.3. The van der Waals surface area contributed by atoms with Crippen LogP contribution in [0.3, 0.4) is 0 Å². The van der Waals surface area contributed by atoms with E-state index in [1.165, 1.54) is 0 Å². The summed E-state index contributed by atoms with van der Waals surface area (Å²) in [5.74, 6) is 1.88. The number of hydrogen-bond donors (Lipinski definition) is 1. The molecule has 7 heteroatoms. The molecule has 2 aromatic heterocycles. The number of nitrogens with zero attached hydrogens (tertiary/aromatic N) is 3. The normalized spacial score (nSPS) is 10.8. The molecule has 0 saturated carbocycles. The number of carbonyl (C=O) groups excluding carboxylic acids is 1. The number of halogens is 1. The average molecular weight is 347 g/mol. The first-order chi connectivity index (χ1) is 11.2. The molecule has 0 radical (unpaired) electrons. The first kappa shape index (κ1) is 15.8. The minimum Gasteiger partial charge on any atom is -0.348 e. The van der Waals surface area contributed by atoms with Gasteiger partial charge >= 0.3 is 0 Å². The predicted molar refractivity (Wildman–Crippen MR) is 92.4 cm³/mol. The van der Waals surface area contributed by atoms with Gasteiger partial charge in [0.25, 0.3) is 0 Å². The number of fused-ring (bicyclic) bond motifs is 1. The molecule has 5 nitrogen and oxygen atoms in total. The van der Waals surface area contributed by atoms with Crippen LogP contribution >= 0.6 is 23.4 Å². The summed E-state index contributed by atoms with van der Waals surface area (Å²) < 4.78 is 1.86. The van der Waals surface area contributed by atoms with Gasteiger partial charge in [-0.25, -0.2) is 0 Å². The number of amides is 1. The number of pyridine rings is 1. The van der Waals surface area contributed by atoms with Crippen molar-refractivity contribution in [3.05, 3.63) is 65.1 Å². The highest BCUT2D eigenvalue weighted by molar-refractivity contribution is 7.99. The van der Waals surface area contributed by atoms with Crippen LogP contribution in [-0.2, 0) is 17.1 Å². The molecule has 1 N–H and O–H groups in total. The SMILES string of the molecule is O=C(CSCc1ccc(Cl)cc1)NCc1nnc2ccccn12. The third kappa shape index (κ3) is 4.24. The molecule has 0 unspecified atom stereocenters. The molecule has 0 spiro atoms. The number of nitrogens with one attached hydrogen (secondary N) is 1. The first-order valence-electron chi connectivity index (χ1n) is 7.10. The average Bonchev–Trinajstić information content (AvgIpc) is 2.98. The highest BCUT2D eigenvalue weighted by Crippen LogP contribution is 2.15. The van der Waals surface area contributed by atoms with Crippen molar-refractivity contribution in [3.63, 3.8) is 0 Å². The molecule has 0 saturated heterocycles. The lowest BCUT2D eigenvalue weighted by atomic mass is 10.2. The number of aromatic nitrogens is 3. The van der Waals surface area contributed by atoms with E-state index in [1.54, 1.807) is 11.8 Å². The maximum absolute atomic E-state index is 11.9. The molecule has 3 rings (SSSR count). The van der Waals surface area contributed by atoms with E-state index in [9.17, 15) is 4.79 Å². The van der Waals surface area contributed by atoms with E-state index in [-0.39, 0.29) is 5.91 Å². The first-order valence-corrected chi connectivity index (χ1v) is 8.63. The van der Waals surface area contributed by atoms with Gasteiger partial charge in [0.1, 0.15) is 0 Å². The van der Waals surface area contributed by atoms with Gasteiger partial charge < -0.3 is 5.32 Å². The molecule has 0 aliphatic rings. The largest absolute Gasteiger partial charge is 0.348 e. The lowest BCUT2D eigenvalue weighted by Crippen LogP contribution is -2.25. The summed E-state index contributed by atoms with van der Waals surface area (Å²) >= 11 is 7.41. The Kier molecular flexibility index (Phi) is 5.15. The second-order valence-electron chi connectivity index (χ2n) is 4.94. The molecule has 0 atom stereocenters. The summed E-state index contributed by atoms with van der Waals surface area (Å²) in [6, 6.07) is 13.3. The Morgan fingerprint density at radius 1 is 1.17 bits per heavy atom. The van der Waals surface area contributed by atoms with Crippen LogP contribution in [0, 0.1) is 0 Å². The molecule has 23 heavy (non-hydrogen) atoms. The van der Waals surface area contributed by atoms with E-state index in [0.717, 1.165) is 27.8 Å². The van der Waals surface area contributed by atoms with Crippen molar-refractivity contribution in [3.8, 4) is 0 Å². The topological polar surface area (TPSA) is 59.3 Å². The van der Waals surface area contributed by atoms with Crippen molar-refractivity contribution in [2.24, 2.45) is 0 Å². The number of hydrogen-bond acceptors (Lipinski definition) is 4. The third-order valence-corrected chi connectivity index (χ3v) is 4.50. The summed E-state index contributed by atoms with van der Waals surface area (Å²) in [6.45, 7) is 0.367. The second-order valence-corrected chi connectivity index (χ2v) is 6.36. The minimum atomic E-state index is -0.0170. The quantitative estimate of drug-likeness (QED) is 0.745. The monoisotopic (exact) mass is 346 g/mol. The van der Waals surface area contributed by atoms with Crippen LogP contribution < -0.4 is 5.32 Å². The Labute approximate surface area is 143 Å². The highest BCUT2D eigenvalue weighted by Gasteiger charge is 2.07. The summed E-state index contributed by atoms with van der Waals surface area (Å²) in [4.78, 5) is 11.9. The van der Waals surface area contributed by atoms with Gasteiger partial charge in [-0.3, -0.25) is 9.20 Å². The minimum absolute atomic E-state index is 0.0170. The van der Waals surface area contributed by atoms with Crippen molar-refractivity contribution >= 4 is 34.9 Å². The summed E-state index contributed by atoms with van der Waals surface area (Å²) in [6.07, 6.45) is 1.88. The van der Waals surface area contributed by atoms with Gasteiger partial charge in [-0.2, -0.15) is 0 Å². The lowest BCUT2D eigenvalue weighted by Gasteiger charge is -2.05. The zero-order chi connectivity index (χ0) is 16.1. The van der Waals surface area contributed by atoms with E-state index in [0.29, 0.717) is 12.3 Å². The fourth-order valence-electron chi connectivity index (χ4n) is 2.08. The maximum atomic E-state index is 11.9. The Bertz CT molecular complexity index is 803. The van der Waals surface area contributed by atoms with Crippen molar-refractivity contribution in [2.45, 2.75) is 12.3 Å². The van der Waals surface area contributed by atoms with E-state index in [1.807, 2.05) is 53.1 Å². The summed E-state index contributed by atoms with van der Waals surface area (Å²) in [5, 5.41) is 11.7. The molecular formula is C16H15ClN4OS. The maximum Gasteiger partial charge on any atom is 0.230 e. The lowest BCUT2D eigenvalue weighted by molar-refractivity contribution is -0.118. The van der Waals surface area contributed by atoms with Crippen LogP contribution in [0.5, 0.6) is 0 Å². The molecule has 0 bridgehead atoms. The molecule has 2 heterocycles. The summed E-state index contributed by atoms with van der Waals surface area (Å²) in [5.41, 5.74) is 1.92. The van der Waals surface area contributed by atoms with Gasteiger partial charge in [-0.15, -0.1) is 22.0 Å². The molecule has 3 aromatic rings. The van der Waals surface area contributed by atoms with E-state index in [4.69, 9.17) is 11.6 Å². The number of carbonyl (C=O) groups is 1. The second kappa shape index (κ2) is 7.48. The van der Waals surface area contributed by atoms with Crippen molar-refractivity contribution in [1.82, 2.24) is 19.9 Å². The highest BCUT2D eigenvalue weighted by atomic mass is 35.5. The number of thioether (sulfide) groups is 1. The van der Waals surface area contributed by atoms with E-state index < -0.39 is 0 Å². The Morgan fingerprint density at radius 2 is 2.00 bits per heavy atom. The number of benzene rings is 1. The molecule has 0 aliphatic heterocycles. The zero-order valence-corrected chi connectivity index (χ0v) is 13.8. The standard InChI is InChI=1S/C16H15ClN4OS/c17-13-6-4-12(5-7-13)10-23-11-16(22)18-9-15-20-19-14-3-1-2-8-21(14)15/h1-8H,9-11H2,(H,18,22). The van der Waals surface area contributed by atoms with Crippen molar-refractivity contribution in [2.75, 3.05) is 5.75 Å². The number of rotatable bonds is 6. The van der Waals surface area contributed by atoms with Gasteiger partial charge in [0.05, 0.1) is 12.3 Å². The molecule has 1 amide bonds. The third-order valence-electron chi connectivity index (χ3n) is 3.24. The van der Waals surface area contributed by atoms with Crippen LogP contribution in [0.25, 0.3) is 5.65 Å². The van der Waals surface area contributed by atoms with Crippen LogP contribution in [0.2, 0.25) is 5.02 Å². The van der Waals surface area contributed by atoms with Crippen LogP contribution in [0.1, 0.15) is 11.4 Å². The fourth-order valence-corrected chi connectivity index (χ4v) is 3.03. The fraction of sp³-hybridized carbons (Fsp3) is 0.188. The molecule has 1 aromatic carbocycles. The summed E-state index contributed by atoms with van der Waals surface area (Å²) in [7, 11) is 0. The van der Waals surface area contributed by atoms with E-state index in [2.05, 4.69) is 15.5 Å². The van der Waals surface area contributed by atoms with Gasteiger partial charge in [0.2, 0.25) is 5.91 Å². The van der Waals surface area contributed by atoms with E-state index >= 15 is 0 Å². The predicted octanol–water partition coefficient (Wildman–Crippen LogP) is 2.93. The van der Waals surface area contributed by atoms with Crippen molar-refractivity contribution in [1.29, 1.82) is 0 Å². The molecule has 0 fully saturated rings. The van der Waals surface area contributed by atoms with Crippen LogP contribution in [-0.4, -0.2) is 26.3 Å². The Morgan fingerprint density at radius 3 is 2.83 bits per heavy atom. The van der Waals surface area contributed by atoms with Gasteiger partial charge in [0.15, 0.2) is 11.5 Å². The molecule has 0 aliphatic carbocycles. The molecular weight excluding hydrogens is 332 g/mol. The smallest absolute Gasteiger partial charge is 0.230 e. The van der Waals surface area contributed by atoms with Crippen LogP contribution in [0.4, 0.5) is 0 Å². The van der Waals surface area contributed by atoms with Crippen molar-refractivity contribution < 1.29 is 4.79 Å². The molecule has 118 valence electrons. The van der Waals surface area contributed by atoms with Gasteiger partial charge in [-0.1, -0.05) is 29.8 Å². The Balaban J connectivity index is 1.45.